The number of Topliss-reactive ketones (excluding diaryl/α,β-unsaturated/α-hetero) is 2. The molecule has 19 heavy (non-hydrogen) atoms. The van der Waals surface area contributed by atoms with Gasteiger partial charge in [0.25, 0.3) is 0 Å². The minimum Gasteiger partial charge on any atom is -0.294 e. The summed E-state index contributed by atoms with van der Waals surface area (Å²) in [5, 5.41) is 0. The monoisotopic (exact) mass is 261 g/mol. The first kappa shape index (κ1) is 13.0. The number of hydrogen-bond donors (Lipinski definition) is 0. The quantitative estimate of drug-likeness (QED) is 0.628. The Morgan fingerprint density at radius 2 is 1.53 bits per heavy atom. The van der Waals surface area contributed by atoms with Crippen LogP contribution in [-0.4, -0.2) is 16.6 Å². The van der Waals surface area contributed by atoms with Gasteiger partial charge in [-0.1, -0.05) is 0 Å². The van der Waals surface area contributed by atoms with Crippen LogP contribution in [-0.2, 0) is 0 Å². The van der Waals surface area contributed by atoms with Gasteiger partial charge in [-0.2, -0.15) is 0 Å². The van der Waals surface area contributed by atoms with Crippen LogP contribution in [0.3, 0.4) is 0 Å². The van der Waals surface area contributed by atoms with Crippen molar-refractivity contribution < 1.29 is 18.4 Å². The van der Waals surface area contributed by atoms with Gasteiger partial charge in [0, 0.05) is 23.5 Å². The van der Waals surface area contributed by atoms with Gasteiger partial charge in [-0.05, 0) is 30.3 Å². The van der Waals surface area contributed by atoms with Gasteiger partial charge in [-0.3, -0.25) is 14.6 Å². The van der Waals surface area contributed by atoms with Crippen molar-refractivity contribution in [3.8, 4) is 0 Å². The Kier molecular flexibility index (Phi) is 3.75. The van der Waals surface area contributed by atoms with E-state index in [1.54, 1.807) is 0 Å². The molecule has 3 nitrogen and oxygen atoms in total. The van der Waals surface area contributed by atoms with Crippen LogP contribution < -0.4 is 0 Å². The molecule has 0 amide bonds. The number of hydrogen-bond acceptors (Lipinski definition) is 3. The first-order chi connectivity index (χ1) is 9.08. The zero-order valence-corrected chi connectivity index (χ0v) is 9.77. The lowest BCUT2D eigenvalue weighted by atomic mass is 10.0. The summed E-state index contributed by atoms with van der Waals surface area (Å²) >= 11 is 0. The Bertz CT molecular complexity index is 627. The molecule has 0 radical (unpaired) electrons. The van der Waals surface area contributed by atoms with Crippen molar-refractivity contribution in [2.75, 3.05) is 0 Å². The van der Waals surface area contributed by atoms with Crippen molar-refractivity contribution in [3.05, 3.63) is 65.5 Å². The molecule has 0 saturated heterocycles. The summed E-state index contributed by atoms with van der Waals surface area (Å²) in [6.45, 7) is 0. The van der Waals surface area contributed by atoms with Crippen LogP contribution in [0.15, 0.2) is 42.7 Å². The van der Waals surface area contributed by atoms with E-state index < -0.39 is 29.6 Å². The highest BCUT2D eigenvalue weighted by molar-refractivity contribution is 6.13. The van der Waals surface area contributed by atoms with Crippen molar-refractivity contribution in [2.24, 2.45) is 0 Å². The molecule has 2 aromatic rings. The fraction of sp³-hybridized carbons (Fsp3) is 0.0714. The number of aromatic nitrogens is 1. The molecule has 0 aliphatic heterocycles. The number of nitrogens with zero attached hydrogens (tertiary/aromatic N) is 1. The highest BCUT2D eigenvalue weighted by atomic mass is 19.2. The van der Waals surface area contributed by atoms with Crippen molar-refractivity contribution in [1.82, 2.24) is 4.98 Å². The van der Waals surface area contributed by atoms with Crippen molar-refractivity contribution >= 4 is 11.6 Å². The number of carbonyl (C=O) groups is 2. The normalized spacial score (nSPS) is 10.2. The van der Waals surface area contributed by atoms with Gasteiger partial charge < -0.3 is 0 Å². The number of halogens is 2. The summed E-state index contributed by atoms with van der Waals surface area (Å²) in [6, 6.07) is 5.78. The summed E-state index contributed by atoms with van der Waals surface area (Å²) in [6.07, 6.45) is 2.49. The fourth-order valence-electron chi connectivity index (χ4n) is 1.56. The van der Waals surface area contributed by atoms with Crippen LogP contribution in [0.2, 0.25) is 0 Å². The number of benzene rings is 1. The molecule has 0 atom stereocenters. The van der Waals surface area contributed by atoms with Gasteiger partial charge >= 0.3 is 0 Å². The van der Waals surface area contributed by atoms with Gasteiger partial charge in [0.15, 0.2) is 23.2 Å². The second-order valence-electron chi connectivity index (χ2n) is 3.89. The second kappa shape index (κ2) is 5.48. The minimum absolute atomic E-state index is 0.0266. The van der Waals surface area contributed by atoms with E-state index in [9.17, 15) is 18.4 Å². The smallest absolute Gasteiger partial charge is 0.170 e. The predicted molar refractivity (Wildman–Crippen MR) is 63.9 cm³/mol. The Morgan fingerprint density at radius 3 is 2.16 bits per heavy atom. The van der Waals surface area contributed by atoms with E-state index >= 15 is 0 Å². The largest absolute Gasteiger partial charge is 0.294 e. The van der Waals surface area contributed by atoms with E-state index in [0.29, 0.717) is 5.56 Å². The molecule has 0 N–H and O–H groups in total. The number of pyridine rings is 1. The van der Waals surface area contributed by atoms with E-state index in [1.165, 1.54) is 24.5 Å². The standard InChI is InChI=1S/C14H9F2NO2/c15-11-2-1-10(7-12(11)16)14(19)8-13(18)9-3-5-17-6-4-9/h1-7H,8H2. The number of rotatable bonds is 4. The minimum atomic E-state index is -1.11. The predicted octanol–water partition coefficient (Wildman–Crippen LogP) is 2.82. The molecule has 0 aliphatic rings. The van der Waals surface area contributed by atoms with Gasteiger partial charge in [0.1, 0.15) is 0 Å². The summed E-state index contributed by atoms with van der Waals surface area (Å²) < 4.78 is 25.7. The molecule has 1 aromatic heterocycles. The highest BCUT2D eigenvalue weighted by Gasteiger charge is 2.15. The summed E-state index contributed by atoms with van der Waals surface area (Å²) in [5.41, 5.74) is 0.326. The summed E-state index contributed by atoms with van der Waals surface area (Å²) in [5.74, 6) is -3.09. The highest BCUT2D eigenvalue weighted by Crippen LogP contribution is 2.12. The van der Waals surface area contributed by atoms with Crippen LogP contribution >= 0.6 is 0 Å². The second-order valence-corrected chi connectivity index (χ2v) is 3.89. The molecule has 5 heteroatoms. The third kappa shape index (κ3) is 3.07. The molecule has 1 heterocycles. The summed E-state index contributed by atoms with van der Waals surface area (Å²) in [4.78, 5) is 27.3. The molecule has 0 fully saturated rings. The topological polar surface area (TPSA) is 47.0 Å². The van der Waals surface area contributed by atoms with Gasteiger partial charge in [0.05, 0.1) is 6.42 Å². The zero-order chi connectivity index (χ0) is 13.8. The number of carbonyl (C=O) groups excluding carboxylic acids is 2. The molecule has 0 bridgehead atoms. The van der Waals surface area contributed by atoms with E-state index in [4.69, 9.17) is 0 Å². The van der Waals surface area contributed by atoms with Crippen LogP contribution in [0.4, 0.5) is 8.78 Å². The Hall–Kier alpha value is -2.43. The SMILES string of the molecule is O=C(CC(=O)c1ccc(F)c(F)c1)c1ccncc1. The van der Waals surface area contributed by atoms with E-state index in [2.05, 4.69) is 4.98 Å². The molecule has 0 aliphatic carbocycles. The Balaban J connectivity index is 2.13. The third-order valence-corrected chi connectivity index (χ3v) is 2.56. The molecular formula is C14H9F2NO2. The molecule has 2 rings (SSSR count). The molecule has 0 saturated carbocycles. The molecule has 96 valence electrons. The fourth-order valence-corrected chi connectivity index (χ4v) is 1.56. The lowest BCUT2D eigenvalue weighted by Crippen LogP contribution is -2.09. The lowest BCUT2D eigenvalue weighted by Gasteiger charge is -2.02. The first-order valence-electron chi connectivity index (χ1n) is 5.49. The van der Waals surface area contributed by atoms with Gasteiger partial charge in [0.2, 0.25) is 0 Å². The molecule has 0 spiro atoms. The zero-order valence-electron chi connectivity index (χ0n) is 9.77. The maximum atomic E-state index is 13.0. The number of ketones is 2. The maximum absolute atomic E-state index is 13.0. The summed E-state index contributed by atoms with van der Waals surface area (Å²) in [7, 11) is 0. The first-order valence-corrected chi connectivity index (χ1v) is 5.49. The van der Waals surface area contributed by atoms with Crippen LogP contribution in [0, 0.1) is 11.6 Å². The molecular weight excluding hydrogens is 252 g/mol. The van der Waals surface area contributed by atoms with E-state index in [-0.39, 0.29) is 5.56 Å². The molecule has 1 aromatic carbocycles. The average molecular weight is 261 g/mol. The van der Waals surface area contributed by atoms with Crippen molar-refractivity contribution in [1.29, 1.82) is 0 Å². The van der Waals surface area contributed by atoms with Gasteiger partial charge in [-0.15, -0.1) is 0 Å². The average Bonchev–Trinajstić information content (AvgIpc) is 2.42. The van der Waals surface area contributed by atoms with E-state index in [1.807, 2.05) is 0 Å². The van der Waals surface area contributed by atoms with Crippen LogP contribution in [0.5, 0.6) is 0 Å². The van der Waals surface area contributed by atoms with Crippen molar-refractivity contribution in [2.45, 2.75) is 6.42 Å². The van der Waals surface area contributed by atoms with Crippen LogP contribution in [0.1, 0.15) is 27.1 Å². The van der Waals surface area contributed by atoms with Crippen molar-refractivity contribution in [3.63, 3.8) is 0 Å². The Labute approximate surface area is 107 Å². The van der Waals surface area contributed by atoms with Crippen LogP contribution in [0.25, 0.3) is 0 Å². The Morgan fingerprint density at radius 1 is 0.895 bits per heavy atom. The van der Waals surface area contributed by atoms with Gasteiger partial charge in [-0.25, -0.2) is 8.78 Å². The van der Waals surface area contributed by atoms with E-state index in [0.717, 1.165) is 18.2 Å². The lowest BCUT2D eigenvalue weighted by molar-refractivity contribution is 0.0894. The molecule has 0 unspecified atom stereocenters. The maximum Gasteiger partial charge on any atom is 0.170 e. The third-order valence-electron chi connectivity index (χ3n) is 2.56.